The second-order valence-corrected chi connectivity index (χ2v) is 20.3. The molecular formula is C66H43N3OS2. The minimum Gasteiger partial charge on any atom is -0.456 e. The Morgan fingerprint density at radius 2 is 0.653 bits per heavy atom. The fraction of sp³-hybridized carbons (Fsp3) is 0. The zero-order chi connectivity index (χ0) is 47.5. The molecular weight excluding hydrogens is 915 g/mol. The summed E-state index contributed by atoms with van der Waals surface area (Å²) in [5, 5.41) is 7.24. The molecule has 11 aromatic carbocycles. The van der Waals surface area contributed by atoms with Crippen molar-refractivity contribution in [2.75, 3.05) is 14.7 Å². The summed E-state index contributed by atoms with van der Waals surface area (Å²) in [5.74, 6) is 0. The maximum Gasteiger partial charge on any atom is 0.135 e. The van der Waals surface area contributed by atoms with Gasteiger partial charge in [0.1, 0.15) is 11.2 Å². The number of hydrogen-bond donors (Lipinski definition) is 0. The SMILES string of the molecule is c1ccc(N(c2ccccc2)c2cc(-c3ccc4sc5cc(N(c6ccccc6)c6ccc7sc8ccccc8c7c6)ccc5c4c3)cc(N(c3ccccc3)c3ccc4oc5ccccc5c4c3)c2)cc1. The maximum atomic E-state index is 6.34. The van der Waals surface area contributed by atoms with Gasteiger partial charge in [-0.2, -0.15) is 0 Å². The van der Waals surface area contributed by atoms with Crippen LogP contribution in [0, 0.1) is 0 Å². The summed E-state index contributed by atoms with van der Waals surface area (Å²) in [6.45, 7) is 0. The third kappa shape index (κ3) is 7.35. The first-order valence-corrected chi connectivity index (χ1v) is 25.9. The Hall–Kier alpha value is -8.94. The Kier molecular flexibility index (Phi) is 10.2. The predicted octanol–water partition coefficient (Wildman–Crippen LogP) is 20.4. The van der Waals surface area contributed by atoms with Crippen LogP contribution in [-0.4, -0.2) is 0 Å². The first-order chi connectivity index (χ1) is 35.7. The average Bonchev–Trinajstić information content (AvgIpc) is 4.13. The van der Waals surface area contributed by atoms with E-state index in [0.717, 1.165) is 84.3 Å². The highest BCUT2D eigenvalue weighted by molar-refractivity contribution is 7.26. The van der Waals surface area contributed by atoms with Crippen LogP contribution in [-0.2, 0) is 0 Å². The summed E-state index contributed by atoms with van der Waals surface area (Å²) in [4.78, 5) is 7.13. The smallest absolute Gasteiger partial charge is 0.135 e. The molecule has 0 N–H and O–H groups in total. The molecule has 340 valence electrons. The molecule has 0 aliphatic rings. The van der Waals surface area contributed by atoms with Gasteiger partial charge in [0.15, 0.2) is 0 Å². The number of para-hydroxylation sites is 5. The monoisotopic (exact) mass is 957 g/mol. The third-order valence-corrected chi connectivity index (χ3v) is 16.0. The molecule has 0 unspecified atom stereocenters. The van der Waals surface area contributed by atoms with E-state index in [2.05, 4.69) is 263 Å². The zero-order valence-corrected chi connectivity index (χ0v) is 40.5. The van der Waals surface area contributed by atoms with Crippen molar-refractivity contribution in [3.8, 4) is 11.1 Å². The highest BCUT2D eigenvalue weighted by Gasteiger charge is 2.22. The van der Waals surface area contributed by atoms with Crippen molar-refractivity contribution in [1.82, 2.24) is 0 Å². The minimum absolute atomic E-state index is 0.867. The van der Waals surface area contributed by atoms with E-state index in [4.69, 9.17) is 4.42 Å². The molecule has 14 rings (SSSR count). The van der Waals surface area contributed by atoms with Crippen molar-refractivity contribution < 1.29 is 4.42 Å². The molecule has 0 atom stereocenters. The van der Waals surface area contributed by atoms with Crippen LogP contribution in [0.3, 0.4) is 0 Å². The van der Waals surface area contributed by atoms with Crippen LogP contribution in [0.15, 0.2) is 265 Å². The van der Waals surface area contributed by atoms with E-state index >= 15 is 0 Å². The van der Waals surface area contributed by atoms with Gasteiger partial charge in [-0.1, -0.05) is 121 Å². The normalized spacial score (nSPS) is 11.6. The van der Waals surface area contributed by atoms with E-state index in [9.17, 15) is 0 Å². The molecule has 0 aliphatic carbocycles. The molecule has 0 saturated heterocycles. The van der Waals surface area contributed by atoms with Gasteiger partial charge in [-0.15, -0.1) is 22.7 Å². The highest BCUT2D eigenvalue weighted by atomic mass is 32.1. The lowest BCUT2D eigenvalue weighted by molar-refractivity contribution is 0.669. The predicted molar refractivity (Wildman–Crippen MR) is 309 cm³/mol. The van der Waals surface area contributed by atoms with Crippen LogP contribution in [0.25, 0.3) is 73.4 Å². The molecule has 6 heteroatoms. The molecule has 14 aromatic rings. The number of rotatable bonds is 10. The van der Waals surface area contributed by atoms with Crippen LogP contribution < -0.4 is 14.7 Å². The first-order valence-electron chi connectivity index (χ1n) is 24.2. The molecule has 0 radical (unpaired) electrons. The molecule has 0 amide bonds. The second-order valence-electron chi connectivity index (χ2n) is 18.1. The van der Waals surface area contributed by atoms with Crippen LogP contribution in [0.2, 0.25) is 0 Å². The fourth-order valence-corrected chi connectivity index (χ4v) is 12.7. The third-order valence-electron chi connectivity index (χ3n) is 13.8. The molecule has 0 aliphatic heterocycles. The van der Waals surface area contributed by atoms with E-state index in [-0.39, 0.29) is 0 Å². The zero-order valence-electron chi connectivity index (χ0n) is 38.9. The van der Waals surface area contributed by atoms with E-state index in [1.807, 2.05) is 34.8 Å². The number of fused-ring (bicyclic) bond motifs is 9. The van der Waals surface area contributed by atoms with Crippen molar-refractivity contribution in [2.45, 2.75) is 0 Å². The Morgan fingerprint density at radius 3 is 1.31 bits per heavy atom. The summed E-state index contributed by atoms with van der Waals surface area (Å²) in [6, 6.07) is 94.3. The average molecular weight is 958 g/mol. The van der Waals surface area contributed by atoms with Gasteiger partial charge in [0.05, 0.1) is 0 Å². The Labute approximate surface area is 424 Å². The fourth-order valence-electron chi connectivity index (χ4n) is 10.5. The molecule has 3 heterocycles. The second kappa shape index (κ2) is 17.5. The summed E-state index contributed by atoms with van der Waals surface area (Å²) >= 11 is 3.70. The largest absolute Gasteiger partial charge is 0.456 e. The van der Waals surface area contributed by atoms with Crippen LogP contribution >= 0.6 is 22.7 Å². The van der Waals surface area contributed by atoms with Crippen molar-refractivity contribution in [3.63, 3.8) is 0 Å². The lowest BCUT2D eigenvalue weighted by atomic mass is 9.99. The molecule has 0 spiro atoms. The van der Waals surface area contributed by atoms with Crippen molar-refractivity contribution >= 4 is 136 Å². The molecule has 4 nitrogen and oxygen atoms in total. The summed E-state index contributed by atoms with van der Waals surface area (Å²) in [7, 11) is 0. The van der Waals surface area contributed by atoms with Gasteiger partial charge in [-0.25, -0.2) is 0 Å². The van der Waals surface area contributed by atoms with Gasteiger partial charge in [0, 0.05) is 102 Å². The lowest BCUT2D eigenvalue weighted by Crippen LogP contribution is -2.13. The van der Waals surface area contributed by atoms with Gasteiger partial charge in [-0.05, 0) is 151 Å². The molecule has 0 bridgehead atoms. The quantitative estimate of drug-likeness (QED) is 0.136. The molecule has 3 aromatic heterocycles. The first kappa shape index (κ1) is 42.0. The lowest BCUT2D eigenvalue weighted by Gasteiger charge is -2.30. The highest BCUT2D eigenvalue weighted by Crippen LogP contribution is 2.47. The topological polar surface area (TPSA) is 22.9 Å². The van der Waals surface area contributed by atoms with Gasteiger partial charge < -0.3 is 19.1 Å². The van der Waals surface area contributed by atoms with E-state index in [1.54, 1.807) is 0 Å². The van der Waals surface area contributed by atoms with Crippen LogP contribution in [0.4, 0.5) is 51.2 Å². The van der Waals surface area contributed by atoms with Gasteiger partial charge in [-0.3, -0.25) is 0 Å². The van der Waals surface area contributed by atoms with Crippen molar-refractivity contribution in [2.24, 2.45) is 0 Å². The Balaban J connectivity index is 0.938. The minimum atomic E-state index is 0.867. The number of furan rings is 1. The summed E-state index contributed by atoms with van der Waals surface area (Å²) < 4.78 is 11.4. The summed E-state index contributed by atoms with van der Waals surface area (Å²) in [5.41, 5.74) is 13.7. The Morgan fingerprint density at radius 1 is 0.222 bits per heavy atom. The van der Waals surface area contributed by atoms with Crippen LogP contribution in [0.5, 0.6) is 0 Å². The number of benzene rings is 11. The number of hydrogen-bond acceptors (Lipinski definition) is 6. The Bertz CT molecular complexity index is 4260. The van der Waals surface area contributed by atoms with Gasteiger partial charge in [0.2, 0.25) is 0 Å². The standard InChI is InChI=1S/C66H43N3OS2/c1-5-17-46(18-6-1)67(47-19-7-2-8-20-47)53-37-45(38-54(40-53)69(49-23-11-4-12-24-49)50-31-34-62-58(41-50)55-25-13-15-27-61(55)70-62)44-29-35-64-59(39-44)57-33-30-52(43-66(57)72-64)68(48-21-9-3-10-22-48)51-32-36-65-60(42-51)56-26-14-16-28-63(56)71-65/h1-43H. The number of anilines is 9. The summed E-state index contributed by atoms with van der Waals surface area (Å²) in [6.07, 6.45) is 0. The van der Waals surface area contributed by atoms with E-state index in [1.165, 1.54) is 40.3 Å². The number of thiophene rings is 2. The van der Waals surface area contributed by atoms with E-state index < -0.39 is 0 Å². The van der Waals surface area contributed by atoms with E-state index in [0.29, 0.717) is 0 Å². The molecule has 0 saturated carbocycles. The van der Waals surface area contributed by atoms with Gasteiger partial charge in [0.25, 0.3) is 0 Å². The maximum absolute atomic E-state index is 6.34. The van der Waals surface area contributed by atoms with Crippen molar-refractivity contribution in [3.05, 3.63) is 261 Å². The molecule has 72 heavy (non-hydrogen) atoms. The molecule has 0 fully saturated rings. The van der Waals surface area contributed by atoms with Crippen LogP contribution in [0.1, 0.15) is 0 Å². The van der Waals surface area contributed by atoms with Gasteiger partial charge >= 0.3 is 0 Å². The van der Waals surface area contributed by atoms with Crippen molar-refractivity contribution in [1.29, 1.82) is 0 Å². The number of nitrogens with zero attached hydrogens (tertiary/aromatic N) is 3.